The molecule has 3 amide bonds. The van der Waals surface area contributed by atoms with E-state index in [1.807, 2.05) is 0 Å². The first-order chi connectivity index (χ1) is 22.7. The Kier molecular flexibility index (Phi) is 8.29. The van der Waals surface area contributed by atoms with E-state index in [4.69, 9.17) is 5.73 Å². The van der Waals surface area contributed by atoms with E-state index in [9.17, 15) is 44.4 Å². The zero-order valence-corrected chi connectivity index (χ0v) is 27.1. The third-order valence-electron chi connectivity index (χ3n) is 10.4. The second-order valence-corrected chi connectivity index (χ2v) is 13.4. The van der Waals surface area contributed by atoms with Crippen LogP contribution in [0.3, 0.4) is 0 Å². The van der Waals surface area contributed by atoms with Crippen LogP contribution in [0.4, 0.5) is 0 Å². The molecule has 1 saturated carbocycles. The van der Waals surface area contributed by atoms with Crippen molar-refractivity contribution in [1.29, 1.82) is 0 Å². The van der Waals surface area contributed by atoms with Crippen LogP contribution in [0.2, 0.25) is 0 Å². The number of imide groups is 1. The Hall–Kier alpha value is -4.81. The number of unbranched alkanes of at least 4 members (excludes halogenated alkanes) is 3. The number of aliphatic hydroxyl groups excluding tert-OH is 2. The molecule has 1 heterocycles. The highest BCUT2D eigenvalue weighted by atomic mass is 16.3. The number of hydrogen-bond donors (Lipinski definition) is 5. The summed E-state index contributed by atoms with van der Waals surface area (Å²) in [5, 5.41) is 46.6. The lowest BCUT2D eigenvalue weighted by molar-refractivity contribution is -0.153. The molecule has 48 heavy (non-hydrogen) atoms. The van der Waals surface area contributed by atoms with Crippen molar-refractivity contribution in [2.24, 2.45) is 17.6 Å². The molecule has 0 spiro atoms. The average Bonchev–Trinajstić information content (AvgIpc) is 3.27. The van der Waals surface area contributed by atoms with Crippen molar-refractivity contribution in [3.8, 4) is 5.75 Å². The van der Waals surface area contributed by atoms with Gasteiger partial charge in [0.25, 0.3) is 17.7 Å². The number of ketones is 2. The molecule has 0 unspecified atom stereocenters. The summed E-state index contributed by atoms with van der Waals surface area (Å²) in [5.41, 5.74) is 3.52. The maximum atomic E-state index is 14.3. The standard InChI is InChI=1S/C36H39N3O9/c1-4-5-6-7-10-17-13-19(16-39-34(46)20-11-8-9-12-21(20)35(39)47)28(40)25-22(17)14-18-15-23-27(38(2)3)30(42)26(33(37)45)32(44)36(23,48)31(43)24(18)29(25)41/h8-9,11-13,18,23,27,40-41,44,48H,4-7,10,14-16H2,1-3H3,(H2,37,45)/t18-,23-,27-,36-/m0/s1. The predicted molar refractivity (Wildman–Crippen MR) is 173 cm³/mol. The average molecular weight is 658 g/mol. The minimum absolute atomic E-state index is 0.0153. The third kappa shape index (κ3) is 4.76. The number of phenols is 1. The molecular weight excluding hydrogens is 618 g/mol. The summed E-state index contributed by atoms with van der Waals surface area (Å²) >= 11 is 0. The minimum atomic E-state index is -2.75. The second kappa shape index (κ2) is 12.0. The Bertz CT molecular complexity index is 1820. The van der Waals surface area contributed by atoms with Gasteiger partial charge in [0, 0.05) is 17.1 Å². The Labute approximate surface area is 277 Å². The molecule has 0 bridgehead atoms. The van der Waals surface area contributed by atoms with E-state index in [1.54, 1.807) is 44.4 Å². The number of likely N-dealkylation sites (N-methyl/N-ethyl adjacent to an activating group) is 1. The van der Waals surface area contributed by atoms with E-state index in [1.165, 1.54) is 4.90 Å². The van der Waals surface area contributed by atoms with Gasteiger partial charge in [-0.15, -0.1) is 0 Å². The fourth-order valence-corrected chi connectivity index (χ4v) is 8.09. The van der Waals surface area contributed by atoms with Crippen LogP contribution >= 0.6 is 0 Å². The van der Waals surface area contributed by atoms with Crippen LogP contribution in [0.5, 0.6) is 5.75 Å². The van der Waals surface area contributed by atoms with Gasteiger partial charge in [-0.05, 0) is 75.0 Å². The molecule has 252 valence electrons. The molecule has 1 fully saturated rings. The number of phenolic OH excluding ortho intramolecular Hbond substituents is 1. The SMILES string of the molecule is CCCCCCc1cc(CN2C(=O)c3ccccc3C2=O)c(O)c2c1C[C@H]1C[C@H]3[C@H](N(C)C)C(=O)C(C(N)=O)=C(O)[C@@]3(O)C(=O)C1=C2O. The minimum Gasteiger partial charge on any atom is -0.508 e. The van der Waals surface area contributed by atoms with Crippen molar-refractivity contribution in [3.05, 3.63) is 80.6 Å². The van der Waals surface area contributed by atoms with E-state index >= 15 is 0 Å². The number of fused-ring (bicyclic) bond motifs is 4. The van der Waals surface area contributed by atoms with Crippen LogP contribution in [-0.4, -0.2) is 85.3 Å². The largest absolute Gasteiger partial charge is 0.508 e. The molecule has 0 radical (unpaired) electrons. The van der Waals surface area contributed by atoms with Gasteiger partial charge in [-0.3, -0.25) is 33.8 Å². The number of nitrogens with two attached hydrogens (primary N) is 1. The summed E-state index contributed by atoms with van der Waals surface area (Å²) < 4.78 is 0. The van der Waals surface area contributed by atoms with Gasteiger partial charge in [-0.1, -0.05) is 38.3 Å². The molecule has 0 saturated heterocycles. The van der Waals surface area contributed by atoms with Gasteiger partial charge in [-0.25, -0.2) is 0 Å². The van der Waals surface area contributed by atoms with Crippen LogP contribution < -0.4 is 5.73 Å². The second-order valence-electron chi connectivity index (χ2n) is 13.4. The molecule has 0 aromatic heterocycles. The predicted octanol–water partition coefficient (Wildman–Crippen LogP) is 2.88. The van der Waals surface area contributed by atoms with Gasteiger partial charge >= 0.3 is 0 Å². The Morgan fingerprint density at radius 2 is 1.65 bits per heavy atom. The first-order valence-electron chi connectivity index (χ1n) is 16.2. The van der Waals surface area contributed by atoms with Crippen LogP contribution in [0, 0.1) is 11.8 Å². The molecule has 6 rings (SSSR count). The zero-order chi connectivity index (χ0) is 34.8. The molecule has 12 nitrogen and oxygen atoms in total. The van der Waals surface area contributed by atoms with Crippen molar-refractivity contribution >= 4 is 35.0 Å². The highest BCUT2D eigenvalue weighted by molar-refractivity contribution is 6.24. The summed E-state index contributed by atoms with van der Waals surface area (Å²) in [5.74, 6) is -8.33. The molecular formula is C36H39N3O9. The van der Waals surface area contributed by atoms with E-state index < -0.39 is 75.6 Å². The highest BCUT2D eigenvalue weighted by Crippen LogP contribution is 2.53. The zero-order valence-electron chi connectivity index (χ0n) is 27.1. The molecule has 4 aliphatic rings. The fraction of sp³-hybridized carbons (Fsp3) is 0.417. The van der Waals surface area contributed by atoms with Crippen LogP contribution in [0.1, 0.15) is 82.0 Å². The van der Waals surface area contributed by atoms with E-state index in [0.717, 1.165) is 36.1 Å². The molecule has 1 aliphatic heterocycles. The van der Waals surface area contributed by atoms with Gasteiger partial charge in [0.1, 0.15) is 22.8 Å². The van der Waals surface area contributed by atoms with Gasteiger partial charge < -0.3 is 26.2 Å². The molecule has 12 heteroatoms. The van der Waals surface area contributed by atoms with Crippen molar-refractivity contribution in [2.75, 3.05) is 14.1 Å². The lowest BCUT2D eigenvalue weighted by atomic mass is 9.57. The molecule has 3 aliphatic carbocycles. The number of aryl methyl sites for hydroxylation is 1. The van der Waals surface area contributed by atoms with Crippen molar-refractivity contribution in [1.82, 2.24) is 9.80 Å². The van der Waals surface area contributed by atoms with Gasteiger partial charge in [-0.2, -0.15) is 0 Å². The number of carbonyl (C=O) groups excluding carboxylic acids is 5. The van der Waals surface area contributed by atoms with Gasteiger partial charge in [0.05, 0.1) is 29.3 Å². The number of hydrogen-bond acceptors (Lipinski definition) is 10. The van der Waals surface area contributed by atoms with Crippen LogP contribution in [0.15, 0.2) is 47.2 Å². The maximum absolute atomic E-state index is 14.3. The quantitative estimate of drug-likeness (QED) is 0.152. The Morgan fingerprint density at radius 1 is 1.00 bits per heavy atom. The summed E-state index contributed by atoms with van der Waals surface area (Å²) in [7, 11) is 3.10. The van der Waals surface area contributed by atoms with Crippen LogP contribution in [0.25, 0.3) is 5.76 Å². The topological polar surface area (TPSA) is 199 Å². The molecule has 6 N–H and O–H groups in total. The number of Topliss-reactive ketones (excluding diaryl/α,β-unsaturated/α-hetero) is 2. The van der Waals surface area contributed by atoms with Gasteiger partial charge in [0.2, 0.25) is 5.78 Å². The summed E-state index contributed by atoms with van der Waals surface area (Å²) in [6.45, 7) is 1.79. The Morgan fingerprint density at radius 3 is 2.23 bits per heavy atom. The smallest absolute Gasteiger partial charge is 0.261 e. The highest BCUT2D eigenvalue weighted by Gasteiger charge is 2.64. The van der Waals surface area contributed by atoms with Crippen LogP contribution in [-0.2, 0) is 33.8 Å². The summed E-state index contributed by atoms with van der Waals surface area (Å²) in [4.78, 5) is 68.9. The lowest BCUT2D eigenvalue weighted by Crippen LogP contribution is -2.65. The maximum Gasteiger partial charge on any atom is 0.261 e. The summed E-state index contributed by atoms with van der Waals surface area (Å²) in [6.07, 6.45) is 4.41. The number of rotatable bonds is 9. The van der Waals surface area contributed by atoms with Crippen molar-refractivity contribution < 1.29 is 44.4 Å². The number of primary amides is 1. The third-order valence-corrected chi connectivity index (χ3v) is 10.4. The number of amides is 3. The van der Waals surface area contributed by atoms with E-state index in [2.05, 4.69) is 6.92 Å². The number of nitrogens with zero attached hydrogens (tertiary/aromatic N) is 2. The first kappa shape index (κ1) is 33.1. The number of carbonyl (C=O) groups is 5. The molecule has 2 aromatic rings. The summed E-state index contributed by atoms with van der Waals surface area (Å²) in [6, 6.07) is 6.98. The molecule has 2 aromatic carbocycles. The van der Waals surface area contributed by atoms with Gasteiger partial charge in [0.15, 0.2) is 11.4 Å². The van der Waals surface area contributed by atoms with Crippen molar-refractivity contribution in [2.45, 2.75) is 70.1 Å². The van der Waals surface area contributed by atoms with E-state index in [-0.39, 0.29) is 47.2 Å². The fourth-order valence-electron chi connectivity index (χ4n) is 8.09. The monoisotopic (exact) mass is 657 g/mol. The van der Waals surface area contributed by atoms with Crippen molar-refractivity contribution in [3.63, 3.8) is 0 Å². The number of benzene rings is 2. The normalized spacial score (nSPS) is 25.0. The number of aliphatic hydroxyl groups is 3. The first-order valence-corrected chi connectivity index (χ1v) is 16.2. The molecule has 4 atom stereocenters. The number of aromatic hydroxyl groups is 1. The van der Waals surface area contributed by atoms with E-state index in [0.29, 0.717) is 12.0 Å². The lowest BCUT2D eigenvalue weighted by Gasteiger charge is -2.50. The Balaban J connectivity index is 1.49.